The van der Waals surface area contributed by atoms with Crippen LogP contribution in [0.25, 0.3) is 0 Å². The molecular weight excluding hydrogens is 226 g/mol. The second-order valence-electron chi connectivity index (χ2n) is 4.49. The lowest BCUT2D eigenvalue weighted by atomic mass is 10.1. The fourth-order valence-electron chi connectivity index (χ4n) is 1.54. The molecule has 1 aromatic carbocycles. The number of benzene rings is 1. The second kappa shape index (κ2) is 7.75. The van der Waals surface area contributed by atoms with Crippen LogP contribution in [0.4, 0.5) is 5.69 Å². The zero-order chi connectivity index (χ0) is 13.4. The quantitative estimate of drug-likeness (QED) is 0.589. The van der Waals surface area contributed by atoms with Crippen LogP contribution in [0, 0.1) is 0 Å². The molecule has 1 rings (SSSR count). The third kappa shape index (κ3) is 4.40. The summed E-state index contributed by atoms with van der Waals surface area (Å²) in [6.07, 6.45) is 2.95. The maximum absolute atomic E-state index is 11.9. The Balaban J connectivity index is 2.71. The molecule has 0 saturated carbocycles. The molecule has 100 valence electrons. The molecule has 0 fully saturated rings. The second-order valence-corrected chi connectivity index (χ2v) is 4.49. The predicted molar refractivity (Wildman–Crippen MR) is 75.0 cm³/mol. The van der Waals surface area contributed by atoms with E-state index in [9.17, 15) is 4.79 Å². The van der Waals surface area contributed by atoms with Crippen molar-refractivity contribution in [2.24, 2.45) is 0 Å². The summed E-state index contributed by atoms with van der Waals surface area (Å²) in [5, 5.41) is 3.33. The van der Waals surface area contributed by atoms with Crippen LogP contribution in [0.2, 0.25) is 0 Å². The third-order valence-corrected chi connectivity index (χ3v) is 2.89. The van der Waals surface area contributed by atoms with Gasteiger partial charge < -0.3 is 10.1 Å². The number of ether oxygens (including phenoxy) is 1. The normalized spacial score (nSPS) is 11.9. The molecule has 0 bridgehead atoms. The zero-order valence-electron chi connectivity index (χ0n) is 11.5. The minimum Gasteiger partial charge on any atom is -0.462 e. The van der Waals surface area contributed by atoms with Gasteiger partial charge in [-0.1, -0.05) is 32.4 Å². The summed E-state index contributed by atoms with van der Waals surface area (Å²) in [5.41, 5.74) is 1.47. The van der Waals surface area contributed by atoms with Gasteiger partial charge >= 0.3 is 5.97 Å². The van der Waals surface area contributed by atoms with E-state index in [1.54, 1.807) is 6.07 Å². The van der Waals surface area contributed by atoms with Gasteiger partial charge in [-0.25, -0.2) is 4.79 Å². The molecule has 3 heteroatoms. The number of para-hydroxylation sites is 1. The molecule has 0 aliphatic carbocycles. The van der Waals surface area contributed by atoms with Gasteiger partial charge in [-0.05, 0) is 31.9 Å². The summed E-state index contributed by atoms with van der Waals surface area (Å²) in [7, 11) is 0. The fourth-order valence-corrected chi connectivity index (χ4v) is 1.54. The van der Waals surface area contributed by atoms with Crippen LogP contribution in [0.5, 0.6) is 0 Å². The molecule has 18 heavy (non-hydrogen) atoms. The molecule has 0 spiro atoms. The average Bonchev–Trinajstić information content (AvgIpc) is 2.39. The van der Waals surface area contributed by atoms with E-state index in [0.717, 1.165) is 24.9 Å². The van der Waals surface area contributed by atoms with Crippen LogP contribution < -0.4 is 5.32 Å². The van der Waals surface area contributed by atoms with Gasteiger partial charge in [0.1, 0.15) is 0 Å². The van der Waals surface area contributed by atoms with Crippen molar-refractivity contribution in [3.05, 3.63) is 29.8 Å². The summed E-state index contributed by atoms with van der Waals surface area (Å²) in [6.45, 7) is 6.78. The number of esters is 1. The molecule has 0 aliphatic heterocycles. The van der Waals surface area contributed by atoms with E-state index in [4.69, 9.17) is 4.74 Å². The molecule has 1 unspecified atom stereocenters. The van der Waals surface area contributed by atoms with E-state index in [1.807, 2.05) is 18.2 Å². The number of carbonyl (C=O) groups is 1. The van der Waals surface area contributed by atoms with Crippen molar-refractivity contribution < 1.29 is 9.53 Å². The van der Waals surface area contributed by atoms with E-state index in [0.29, 0.717) is 18.2 Å². The average molecular weight is 249 g/mol. The number of unbranched alkanes of at least 4 members (excludes halogenated alkanes) is 1. The van der Waals surface area contributed by atoms with Gasteiger partial charge in [0.25, 0.3) is 0 Å². The first-order valence-corrected chi connectivity index (χ1v) is 6.71. The van der Waals surface area contributed by atoms with Crippen LogP contribution in [-0.4, -0.2) is 18.6 Å². The van der Waals surface area contributed by atoms with Crippen LogP contribution in [0.15, 0.2) is 24.3 Å². The highest BCUT2D eigenvalue weighted by Gasteiger charge is 2.13. The number of rotatable bonds is 7. The first kappa shape index (κ1) is 14.6. The molecule has 0 aliphatic rings. The zero-order valence-corrected chi connectivity index (χ0v) is 11.5. The van der Waals surface area contributed by atoms with Crippen molar-refractivity contribution in [1.29, 1.82) is 0 Å². The highest BCUT2D eigenvalue weighted by molar-refractivity contribution is 5.95. The SMILES string of the molecule is CCCCOC(=O)c1ccccc1NC(C)CC. The van der Waals surface area contributed by atoms with Crippen molar-refractivity contribution in [1.82, 2.24) is 0 Å². The summed E-state index contributed by atoms with van der Waals surface area (Å²) in [4.78, 5) is 11.9. The summed E-state index contributed by atoms with van der Waals surface area (Å²) in [6, 6.07) is 7.85. The Morgan fingerprint density at radius 3 is 2.72 bits per heavy atom. The van der Waals surface area contributed by atoms with Gasteiger partial charge in [-0.15, -0.1) is 0 Å². The first-order chi connectivity index (χ1) is 8.69. The summed E-state index contributed by atoms with van der Waals surface area (Å²) >= 11 is 0. The topological polar surface area (TPSA) is 38.3 Å². The minimum atomic E-state index is -0.241. The number of nitrogens with one attached hydrogen (secondary N) is 1. The van der Waals surface area contributed by atoms with Crippen LogP contribution in [0.3, 0.4) is 0 Å². The lowest BCUT2D eigenvalue weighted by Crippen LogP contribution is -2.17. The molecule has 0 heterocycles. The molecule has 0 aromatic heterocycles. The van der Waals surface area contributed by atoms with Gasteiger partial charge in [0, 0.05) is 11.7 Å². The molecule has 1 atom stereocenters. The highest BCUT2D eigenvalue weighted by atomic mass is 16.5. The molecule has 0 amide bonds. The number of hydrogen-bond donors (Lipinski definition) is 1. The van der Waals surface area contributed by atoms with Gasteiger partial charge in [0.2, 0.25) is 0 Å². The summed E-state index contributed by atoms with van der Waals surface area (Å²) < 4.78 is 5.25. The Morgan fingerprint density at radius 2 is 2.06 bits per heavy atom. The van der Waals surface area contributed by atoms with Crippen molar-refractivity contribution >= 4 is 11.7 Å². The predicted octanol–water partition coefficient (Wildman–Crippen LogP) is 3.85. The smallest absolute Gasteiger partial charge is 0.340 e. The molecule has 1 N–H and O–H groups in total. The lowest BCUT2D eigenvalue weighted by molar-refractivity contribution is 0.0501. The van der Waals surface area contributed by atoms with Crippen LogP contribution in [0.1, 0.15) is 50.4 Å². The Bertz CT molecular complexity index is 377. The van der Waals surface area contributed by atoms with Gasteiger partial charge in [0.05, 0.1) is 12.2 Å². The van der Waals surface area contributed by atoms with Crippen LogP contribution in [-0.2, 0) is 4.74 Å². The monoisotopic (exact) mass is 249 g/mol. The van der Waals surface area contributed by atoms with Gasteiger partial charge in [0.15, 0.2) is 0 Å². The maximum Gasteiger partial charge on any atom is 0.340 e. The maximum atomic E-state index is 11.9. The largest absolute Gasteiger partial charge is 0.462 e. The molecule has 0 saturated heterocycles. The molecule has 1 aromatic rings. The minimum absolute atomic E-state index is 0.241. The highest BCUT2D eigenvalue weighted by Crippen LogP contribution is 2.18. The summed E-state index contributed by atoms with van der Waals surface area (Å²) in [5.74, 6) is -0.241. The molecule has 3 nitrogen and oxygen atoms in total. The number of carbonyl (C=O) groups excluding carboxylic acids is 1. The van der Waals surface area contributed by atoms with Crippen molar-refractivity contribution in [3.63, 3.8) is 0 Å². The number of anilines is 1. The van der Waals surface area contributed by atoms with E-state index < -0.39 is 0 Å². The third-order valence-electron chi connectivity index (χ3n) is 2.89. The van der Waals surface area contributed by atoms with Crippen LogP contribution >= 0.6 is 0 Å². The van der Waals surface area contributed by atoms with Gasteiger partial charge in [-0.3, -0.25) is 0 Å². The van der Waals surface area contributed by atoms with Gasteiger partial charge in [-0.2, -0.15) is 0 Å². The van der Waals surface area contributed by atoms with E-state index in [2.05, 4.69) is 26.1 Å². The Labute approximate surface area is 110 Å². The van der Waals surface area contributed by atoms with E-state index >= 15 is 0 Å². The Kier molecular flexibility index (Phi) is 6.26. The first-order valence-electron chi connectivity index (χ1n) is 6.71. The Hall–Kier alpha value is -1.51. The molecular formula is C15H23NO2. The van der Waals surface area contributed by atoms with E-state index in [1.165, 1.54) is 0 Å². The van der Waals surface area contributed by atoms with Crippen molar-refractivity contribution in [3.8, 4) is 0 Å². The Morgan fingerprint density at radius 1 is 1.33 bits per heavy atom. The van der Waals surface area contributed by atoms with Crippen molar-refractivity contribution in [2.45, 2.75) is 46.1 Å². The fraction of sp³-hybridized carbons (Fsp3) is 0.533. The standard InChI is InChI=1S/C15H23NO2/c1-4-6-11-18-15(17)13-9-7-8-10-14(13)16-12(3)5-2/h7-10,12,16H,4-6,11H2,1-3H3. The lowest BCUT2D eigenvalue weighted by Gasteiger charge is -2.16. The van der Waals surface area contributed by atoms with E-state index in [-0.39, 0.29) is 5.97 Å². The molecule has 0 radical (unpaired) electrons. The van der Waals surface area contributed by atoms with Crippen molar-refractivity contribution in [2.75, 3.05) is 11.9 Å². The number of hydrogen-bond acceptors (Lipinski definition) is 3.